The second-order valence-corrected chi connectivity index (χ2v) is 5.68. The largest absolute Gasteiger partial charge is 0.496 e. The van der Waals surface area contributed by atoms with E-state index in [0.29, 0.717) is 22.3 Å². The highest BCUT2D eigenvalue weighted by Crippen LogP contribution is 2.24. The van der Waals surface area contributed by atoms with E-state index < -0.39 is 0 Å². The molecule has 1 fully saturated rings. The molecular weight excluding hydrogens is 276 g/mol. The van der Waals surface area contributed by atoms with Crippen LogP contribution in [0.1, 0.15) is 23.2 Å². The van der Waals surface area contributed by atoms with E-state index >= 15 is 0 Å². The minimum atomic E-state index is -0.0240. The van der Waals surface area contributed by atoms with Crippen LogP contribution in [0, 0.1) is 5.92 Å². The molecule has 1 aromatic rings. The number of halogens is 1. The lowest BCUT2D eigenvalue weighted by Crippen LogP contribution is -2.39. The number of methoxy groups -OCH3 is 1. The monoisotopic (exact) mass is 296 g/mol. The van der Waals surface area contributed by atoms with Gasteiger partial charge in [0.05, 0.1) is 12.7 Å². The molecule has 0 saturated carbocycles. The van der Waals surface area contributed by atoms with Gasteiger partial charge in [-0.3, -0.25) is 4.79 Å². The van der Waals surface area contributed by atoms with E-state index in [1.807, 2.05) is 7.05 Å². The molecule has 1 atom stereocenters. The highest BCUT2D eigenvalue weighted by atomic mass is 35.5. The summed E-state index contributed by atoms with van der Waals surface area (Å²) in [6.07, 6.45) is 2.35. The summed E-state index contributed by atoms with van der Waals surface area (Å²) < 4.78 is 5.24. The fourth-order valence-corrected chi connectivity index (χ4v) is 2.76. The average molecular weight is 297 g/mol. The van der Waals surface area contributed by atoms with Crippen molar-refractivity contribution in [1.29, 1.82) is 0 Å². The van der Waals surface area contributed by atoms with Crippen molar-refractivity contribution in [2.75, 3.05) is 33.8 Å². The third-order valence-corrected chi connectivity index (χ3v) is 3.91. The standard InChI is InChI=1S/C15H21ClN2O2/c1-18(10-11-4-3-7-17-9-11)15(19)13-6-5-12(16)8-14(13)20-2/h5-6,8,11,17H,3-4,7,9-10H2,1-2H3. The van der Waals surface area contributed by atoms with Crippen LogP contribution in [0.2, 0.25) is 5.02 Å². The zero-order valence-electron chi connectivity index (χ0n) is 12.0. The van der Waals surface area contributed by atoms with Crippen molar-refractivity contribution in [1.82, 2.24) is 10.2 Å². The quantitative estimate of drug-likeness (QED) is 0.928. The molecule has 20 heavy (non-hydrogen) atoms. The van der Waals surface area contributed by atoms with Gasteiger partial charge < -0.3 is 15.0 Å². The van der Waals surface area contributed by atoms with Gasteiger partial charge in [-0.1, -0.05) is 11.6 Å². The molecule has 0 aromatic heterocycles. The van der Waals surface area contributed by atoms with Gasteiger partial charge >= 0.3 is 0 Å². The molecular formula is C15H21ClN2O2. The summed E-state index contributed by atoms with van der Waals surface area (Å²) in [7, 11) is 3.39. The van der Waals surface area contributed by atoms with Crippen LogP contribution in [0.15, 0.2) is 18.2 Å². The number of amides is 1. The Morgan fingerprint density at radius 1 is 1.55 bits per heavy atom. The smallest absolute Gasteiger partial charge is 0.257 e. The van der Waals surface area contributed by atoms with Crippen LogP contribution in [-0.4, -0.2) is 44.6 Å². The number of piperidine rings is 1. The SMILES string of the molecule is COc1cc(Cl)ccc1C(=O)N(C)CC1CCCNC1. The van der Waals surface area contributed by atoms with Crippen molar-refractivity contribution in [2.24, 2.45) is 5.92 Å². The van der Waals surface area contributed by atoms with Gasteiger partial charge in [0, 0.05) is 18.6 Å². The summed E-state index contributed by atoms with van der Waals surface area (Å²) in [6, 6.07) is 5.11. The fraction of sp³-hybridized carbons (Fsp3) is 0.533. The van der Waals surface area contributed by atoms with E-state index in [4.69, 9.17) is 16.3 Å². The number of ether oxygens (including phenoxy) is 1. The second kappa shape index (κ2) is 6.95. The molecule has 1 saturated heterocycles. The molecule has 1 N–H and O–H groups in total. The fourth-order valence-electron chi connectivity index (χ4n) is 2.60. The van der Waals surface area contributed by atoms with Gasteiger partial charge in [-0.25, -0.2) is 0 Å². The van der Waals surface area contributed by atoms with Crippen LogP contribution in [0.25, 0.3) is 0 Å². The lowest BCUT2D eigenvalue weighted by Gasteiger charge is -2.28. The van der Waals surface area contributed by atoms with Crippen molar-refractivity contribution in [2.45, 2.75) is 12.8 Å². The molecule has 110 valence electrons. The van der Waals surface area contributed by atoms with Gasteiger partial charge in [-0.15, -0.1) is 0 Å². The molecule has 0 radical (unpaired) electrons. The molecule has 2 rings (SSSR count). The van der Waals surface area contributed by atoms with Crippen molar-refractivity contribution in [3.8, 4) is 5.75 Å². The lowest BCUT2D eigenvalue weighted by atomic mass is 9.99. The number of benzene rings is 1. The maximum Gasteiger partial charge on any atom is 0.257 e. The van der Waals surface area contributed by atoms with Gasteiger partial charge in [0.1, 0.15) is 5.75 Å². The lowest BCUT2D eigenvalue weighted by molar-refractivity contribution is 0.0761. The van der Waals surface area contributed by atoms with Crippen LogP contribution in [0.3, 0.4) is 0 Å². The van der Waals surface area contributed by atoms with Gasteiger partial charge in [-0.05, 0) is 50.0 Å². The molecule has 0 spiro atoms. The van der Waals surface area contributed by atoms with Gasteiger partial charge in [0.25, 0.3) is 5.91 Å². The van der Waals surface area contributed by atoms with E-state index in [9.17, 15) is 4.79 Å². The molecule has 5 heteroatoms. The normalized spacial score (nSPS) is 18.6. The number of nitrogens with one attached hydrogen (secondary N) is 1. The van der Waals surface area contributed by atoms with E-state index in [1.165, 1.54) is 12.8 Å². The van der Waals surface area contributed by atoms with E-state index in [2.05, 4.69) is 5.32 Å². The minimum absolute atomic E-state index is 0.0240. The highest BCUT2D eigenvalue weighted by Gasteiger charge is 2.21. The Hall–Kier alpha value is -1.26. The maximum atomic E-state index is 12.5. The number of hydrogen-bond acceptors (Lipinski definition) is 3. The minimum Gasteiger partial charge on any atom is -0.496 e. The molecule has 1 heterocycles. The number of rotatable bonds is 4. The number of hydrogen-bond donors (Lipinski definition) is 1. The number of carbonyl (C=O) groups excluding carboxylic acids is 1. The van der Waals surface area contributed by atoms with Crippen LogP contribution in [0.4, 0.5) is 0 Å². The Labute approximate surface area is 125 Å². The van der Waals surface area contributed by atoms with Gasteiger partial charge in [0.15, 0.2) is 0 Å². The Kier molecular flexibility index (Phi) is 5.26. The Bertz CT molecular complexity index is 473. The van der Waals surface area contributed by atoms with Crippen LogP contribution >= 0.6 is 11.6 Å². The van der Waals surface area contributed by atoms with Crippen LogP contribution in [0.5, 0.6) is 5.75 Å². The summed E-state index contributed by atoms with van der Waals surface area (Å²) in [5, 5.41) is 3.94. The van der Waals surface area contributed by atoms with E-state index in [1.54, 1.807) is 30.2 Å². The third kappa shape index (κ3) is 3.64. The first-order valence-corrected chi connectivity index (χ1v) is 7.29. The molecule has 0 aliphatic carbocycles. The number of carbonyl (C=O) groups is 1. The Morgan fingerprint density at radius 3 is 3.00 bits per heavy atom. The van der Waals surface area contributed by atoms with Gasteiger partial charge in [-0.2, -0.15) is 0 Å². The highest BCUT2D eigenvalue weighted by molar-refractivity contribution is 6.30. The van der Waals surface area contributed by atoms with Gasteiger partial charge in [0.2, 0.25) is 0 Å². The summed E-state index contributed by atoms with van der Waals surface area (Å²) >= 11 is 5.92. The Balaban J connectivity index is 2.05. The van der Waals surface area contributed by atoms with Crippen LogP contribution in [-0.2, 0) is 0 Å². The third-order valence-electron chi connectivity index (χ3n) is 3.67. The topological polar surface area (TPSA) is 41.6 Å². The zero-order valence-corrected chi connectivity index (χ0v) is 12.7. The summed E-state index contributed by atoms with van der Waals surface area (Å²) in [5.74, 6) is 1.02. The van der Waals surface area contributed by atoms with Crippen LogP contribution < -0.4 is 10.1 Å². The predicted molar refractivity (Wildman–Crippen MR) is 80.6 cm³/mol. The van der Waals surface area contributed by atoms with Crippen molar-refractivity contribution in [3.63, 3.8) is 0 Å². The first kappa shape index (κ1) is 15.1. The van der Waals surface area contributed by atoms with E-state index in [0.717, 1.165) is 19.6 Å². The summed E-state index contributed by atoms with van der Waals surface area (Å²) in [5.41, 5.74) is 0.558. The van der Waals surface area contributed by atoms with E-state index in [-0.39, 0.29) is 5.91 Å². The zero-order chi connectivity index (χ0) is 14.5. The van der Waals surface area contributed by atoms with Crippen molar-refractivity contribution < 1.29 is 9.53 Å². The molecule has 1 aliphatic heterocycles. The average Bonchev–Trinajstić information content (AvgIpc) is 2.47. The summed E-state index contributed by atoms with van der Waals surface area (Å²) in [6.45, 7) is 2.83. The molecule has 0 bridgehead atoms. The maximum absolute atomic E-state index is 12.5. The predicted octanol–water partition coefficient (Wildman–Crippen LogP) is 2.42. The molecule has 1 aliphatic rings. The second-order valence-electron chi connectivity index (χ2n) is 5.24. The number of nitrogens with zero attached hydrogens (tertiary/aromatic N) is 1. The molecule has 1 amide bonds. The summed E-state index contributed by atoms with van der Waals surface area (Å²) in [4.78, 5) is 14.3. The Morgan fingerprint density at radius 2 is 2.35 bits per heavy atom. The molecule has 4 nitrogen and oxygen atoms in total. The van der Waals surface area contributed by atoms with Crippen molar-refractivity contribution in [3.05, 3.63) is 28.8 Å². The molecule has 1 aromatic carbocycles. The first-order chi connectivity index (χ1) is 9.61. The van der Waals surface area contributed by atoms with Crippen molar-refractivity contribution >= 4 is 17.5 Å². The first-order valence-electron chi connectivity index (χ1n) is 6.91. The molecule has 1 unspecified atom stereocenters.